The number of nitrogens with one attached hydrogen (secondary N) is 1. The highest BCUT2D eigenvalue weighted by atomic mass is 16.3. The minimum Gasteiger partial charge on any atom is -0.456 e. The molecule has 2 rings (SSSR count). The molecule has 2 heterocycles. The van der Waals surface area contributed by atoms with E-state index >= 15 is 0 Å². The van der Waals surface area contributed by atoms with E-state index in [0.29, 0.717) is 17.6 Å². The van der Waals surface area contributed by atoms with Gasteiger partial charge in [-0.3, -0.25) is 19.1 Å². The summed E-state index contributed by atoms with van der Waals surface area (Å²) in [6.07, 6.45) is 2.04. The average Bonchev–Trinajstić information content (AvgIpc) is 2.73. The Morgan fingerprint density at radius 2 is 2.18 bits per heavy atom. The van der Waals surface area contributed by atoms with Gasteiger partial charge in [0.15, 0.2) is 12.0 Å². The first-order valence-corrected chi connectivity index (χ1v) is 4.94. The van der Waals surface area contributed by atoms with Crippen LogP contribution in [0.4, 0.5) is 0 Å². The molecule has 2 aromatic rings. The van der Waals surface area contributed by atoms with Crippen LogP contribution in [-0.2, 0) is 6.54 Å². The molecule has 6 heteroatoms. The molecule has 0 aliphatic heterocycles. The maximum atomic E-state index is 11.5. The first kappa shape index (κ1) is 11.1. The molecule has 2 aromatic heterocycles. The summed E-state index contributed by atoms with van der Waals surface area (Å²) in [4.78, 5) is 35.2. The second-order valence-corrected chi connectivity index (χ2v) is 3.62. The van der Waals surface area contributed by atoms with Crippen molar-refractivity contribution in [2.45, 2.75) is 13.5 Å². The van der Waals surface area contributed by atoms with E-state index in [1.54, 1.807) is 13.0 Å². The van der Waals surface area contributed by atoms with Crippen molar-refractivity contribution in [3.63, 3.8) is 0 Å². The van der Waals surface area contributed by atoms with Gasteiger partial charge in [-0.05, 0) is 19.1 Å². The number of furan rings is 1. The Morgan fingerprint density at radius 3 is 2.82 bits per heavy atom. The fourth-order valence-electron chi connectivity index (χ4n) is 1.45. The molecule has 0 bridgehead atoms. The van der Waals surface area contributed by atoms with Gasteiger partial charge in [-0.15, -0.1) is 0 Å². The van der Waals surface area contributed by atoms with Gasteiger partial charge in [-0.25, -0.2) is 4.79 Å². The third-order valence-electron chi connectivity index (χ3n) is 2.31. The van der Waals surface area contributed by atoms with Crippen LogP contribution in [0.5, 0.6) is 0 Å². The van der Waals surface area contributed by atoms with Gasteiger partial charge in [0.2, 0.25) is 0 Å². The molecule has 0 aliphatic carbocycles. The van der Waals surface area contributed by atoms with Crippen molar-refractivity contribution in [1.82, 2.24) is 9.55 Å². The number of hydrogen-bond acceptors (Lipinski definition) is 4. The zero-order valence-electron chi connectivity index (χ0n) is 9.10. The molecule has 17 heavy (non-hydrogen) atoms. The highest BCUT2D eigenvalue weighted by Crippen LogP contribution is 2.06. The first-order valence-electron chi connectivity index (χ1n) is 4.94. The Hall–Kier alpha value is -2.37. The van der Waals surface area contributed by atoms with Crippen LogP contribution < -0.4 is 11.2 Å². The lowest BCUT2D eigenvalue weighted by atomic mass is 10.3. The van der Waals surface area contributed by atoms with Gasteiger partial charge in [-0.2, -0.15) is 0 Å². The molecule has 0 unspecified atom stereocenters. The summed E-state index contributed by atoms with van der Waals surface area (Å²) in [6, 6.07) is 3.13. The lowest BCUT2D eigenvalue weighted by molar-refractivity contribution is 0.109. The molecule has 0 aromatic carbocycles. The van der Waals surface area contributed by atoms with Crippen LogP contribution in [0.2, 0.25) is 0 Å². The number of hydrogen-bond donors (Lipinski definition) is 1. The maximum Gasteiger partial charge on any atom is 0.328 e. The summed E-state index contributed by atoms with van der Waals surface area (Å²) in [7, 11) is 0. The number of rotatable bonds is 3. The smallest absolute Gasteiger partial charge is 0.328 e. The minimum atomic E-state index is -0.510. The first-order chi connectivity index (χ1) is 8.10. The van der Waals surface area contributed by atoms with Crippen molar-refractivity contribution in [2.75, 3.05) is 0 Å². The van der Waals surface area contributed by atoms with Crippen LogP contribution in [0.3, 0.4) is 0 Å². The normalized spacial score (nSPS) is 10.4. The lowest BCUT2D eigenvalue weighted by Gasteiger charge is -2.02. The zero-order valence-corrected chi connectivity index (χ0v) is 9.10. The van der Waals surface area contributed by atoms with Gasteiger partial charge < -0.3 is 4.42 Å². The van der Waals surface area contributed by atoms with E-state index in [0.717, 1.165) is 0 Å². The minimum absolute atomic E-state index is 0.171. The van der Waals surface area contributed by atoms with E-state index in [2.05, 4.69) is 4.98 Å². The Kier molecular flexibility index (Phi) is 2.78. The van der Waals surface area contributed by atoms with Crippen LogP contribution in [0.15, 0.2) is 32.3 Å². The van der Waals surface area contributed by atoms with Gasteiger partial charge in [0.1, 0.15) is 5.76 Å². The van der Waals surface area contributed by atoms with E-state index in [4.69, 9.17) is 4.42 Å². The van der Waals surface area contributed by atoms with E-state index in [1.807, 2.05) is 0 Å². The molecular formula is C11H10N2O4. The second kappa shape index (κ2) is 4.25. The molecule has 0 radical (unpaired) electrons. The van der Waals surface area contributed by atoms with E-state index in [9.17, 15) is 14.4 Å². The van der Waals surface area contributed by atoms with Crippen molar-refractivity contribution >= 4 is 6.29 Å². The number of aromatic amines is 1. The quantitative estimate of drug-likeness (QED) is 0.774. The second-order valence-electron chi connectivity index (χ2n) is 3.62. The van der Waals surface area contributed by atoms with Crippen LogP contribution >= 0.6 is 0 Å². The van der Waals surface area contributed by atoms with Crippen LogP contribution in [0.1, 0.15) is 21.9 Å². The number of nitrogens with zero attached hydrogens (tertiary/aromatic N) is 1. The summed E-state index contributed by atoms with van der Waals surface area (Å²) in [5, 5.41) is 0. The number of carbonyl (C=O) groups excluding carboxylic acids is 1. The molecule has 88 valence electrons. The Morgan fingerprint density at radius 1 is 1.41 bits per heavy atom. The lowest BCUT2D eigenvalue weighted by Crippen LogP contribution is -2.30. The van der Waals surface area contributed by atoms with Gasteiger partial charge >= 0.3 is 5.69 Å². The zero-order chi connectivity index (χ0) is 12.4. The third kappa shape index (κ3) is 2.25. The summed E-state index contributed by atoms with van der Waals surface area (Å²) in [5.41, 5.74) is -0.476. The number of carbonyl (C=O) groups is 1. The number of aryl methyl sites for hydroxylation is 1. The third-order valence-corrected chi connectivity index (χ3v) is 2.31. The van der Waals surface area contributed by atoms with E-state index in [-0.39, 0.29) is 12.3 Å². The summed E-state index contributed by atoms with van der Waals surface area (Å²) >= 11 is 0. The summed E-state index contributed by atoms with van der Waals surface area (Å²) in [5.74, 6) is 0.676. The molecule has 0 saturated carbocycles. The summed E-state index contributed by atoms with van der Waals surface area (Å²) < 4.78 is 6.45. The fraction of sp³-hybridized carbons (Fsp3) is 0.182. The monoisotopic (exact) mass is 234 g/mol. The topological polar surface area (TPSA) is 85.1 Å². The maximum absolute atomic E-state index is 11.5. The molecule has 1 N–H and O–H groups in total. The molecule has 0 atom stereocenters. The van der Waals surface area contributed by atoms with Crippen molar-refractivity contribution < 1.29 is 9.21 Å². The fourth-order valence-corrected chi connectivity index (χ4v) is 1.45. The molecule has 0 fully saturated rings. The van der Waals surface area contributed by atoms with Gasteiger partial charge in [-0.1, -0.05) is 0 Å². The predicted molar refractivity (Wildman–Crippen MR) is 59.3 cm³/mol. The Balaban J connectivity index is 2.36. The van der Waals surface area contributed by atoms with Crippen molar-refractivity contribution in [3.05, 3.63) is 56.3 Å². The average molecular weight is 234 g/mol. The highest BCUT2D eigenvalue weighted by Gasteiger charge is 2.05. The van der Waals surface area contributed by atoms with Crippen LogP contribution in [0, 0.1) is 6.92 Å². The van der Waals surface area contributed by atoms with Crippen molar-refractivity contribution in [1.29, 1.82) is 0 Å². The van der Waals surface area contributed by atoms with Crippen LogP contribution in [0.25, 0.3) is 0 Å². The Bertz CT molecular complexity index is 663. The number of aromatic nitrogens is 2. The standard InChI is InChI=1S/C11H10N2O4/c1-7-4-13(11(16)12-10(7)15)5-8-2-3-9(6-14)17-8/h2-4,6H,5H2,1H3,(H,12,15,16). The number of aldehydes is 1. The summed E-state index contributed by atoms with van der Waals surface area (Å²) in [6.45, 7) is 1.78. The largest absolute Gasteiger partial charge is 0.456 e. The van der Waals surface area contributed by atoms with E-state index < -0.39 is 11.2 Å². The van der Waals surface area contributed by atoms with Crippen molar-refractivity contribution in [3.8, 4) is 0 Å². The predicted octanol–water partition coefficient (Wildman–Crippen LogP) is 0.299. The van der Waals surface area contributed by atoms with Gasteiger partial charge in [0.25, 0.3) is 5.56 Å². The molecule has 0 aliphatic rings. The Labute approximate surface area is 95.5 Å². The molecule has 0 spiro atoms. The number of H-pyrrole nitrogens is 1. The molecular weight excluding hydrogens is 224 g/mol. The van der Waals surface area contributed by atoms with Crippen LogP contribution in [-0.4, -0.2) is 15.8 Å². The van der Waals surface area contributed by atoms with Crippen molar-refractivity contribution in [2.24, 2.45) is 0 Å². The van der Waals surface area contributed by atoms with Gasteiger partial charge in [0, 0.05) is 11.8 Å². The molecule has 6 nitrogen and oxygen atoms in total. The van der Waals surface area contributed by atoms with E-state index in [1.165, 1.54) is 16.8 Å². The molecule has 0 amide bonds. The SMILES string of the molecule is Cc1cn(Cc2ccc(C=O)o2)c(=O)[nH]c1=O. The highest BCUT2D eigenvalue weighted by molar-refractivity contribution is 5.70. The molecule has 0 saturated heterocycles. The van der Waals surface area contributed by atoms with Gasteiger partial charge in [0.05, 0.1) is 6.54 Å².